The van der Waals surface area contributed by atoms with Crippen LogP contribution in [0.2, 0.25) is 0 Å². The highest BCUT2D eigenvalue weighted by Gasteiger charge is 2.14. The first-order valence-corrected chi connectivity index (χ1v) is 7.02. The summed E-state index contributed by atoms with van der Waals surface area (Å²) in [7, 11) is 0. The van der Waals surface area contributed by atoms with E-state index < -0.39 is 0 Å². The second kappa shape index (κ2) is 6.86. The Balaban J connectivity index is 2.66. The third kappa shape index (κ3) is 3.46. The summed E-state index contributed by atoms with van der Waals surface area (Å²) in [6.45, 7) is 11.7. The summed E-state index contributed by atoms with van der Waals surface area (Å²) in [5, 5.41) is 6.62. The number of nitrogens with one attached hydrogen (secondary N) is 1. The molecule has 1 atom stereocenters. The van der Waals surface area contributed by atoms with E-state index in [2.05, 4.69) is 48.3 Å². The normalized spacial score (nSPS) is 12.8. The molecular weight excluding hydrogens is 218 g/mol. The number of rotatable bonds is 7. The van der Waals surface area contributed by atoms with Crippen molar-refractivity contribution in [2.75, 3.05) is 18.0 Å². The maximum absolute atomic E-state index is 4.67. The lowest BCUT2D eigenvalue weighted by Gasteiger charge is -2.26. The predicted octanol–water partition coefficient (Wildman–Crippen LogP) is 2.88. The molecule has 1 unspecified atom stereocenters. The molecule has 1 rings (SSSR count). The second-order valence-electron chi connectivity index (χ2n) is 3.95. The van der Waals surface area contributed by atoms with Crippen LogP contribution in [0, 0.1) is 0 Å². The van der Waals surface area contributed by atoms with Gasteiger partial charge in [0.15, 0.2) is 5.13 Å². The van der Waals surface area contributed by atoms with Crippen molar-refractivity contribution in [3.63, 3.8) is 0 Å². The largest absolute Gasteiger partial charge is 0.346 e. The minimum Gasteiger partial charge on any atom is -0.346 e. The van der Waals surface area contributed by atoms with Gasteiger partial charge in [0.25, 0.3) is 0 Å². The summed E-state index contributed by atoms with van der Waals surface area (Å²) in [5.74, 6) is 0. The quantitative estimate of drug-likeness (QED) is 0.795. The first-order chi connectivity index (χ1) is 7.72. The molecule has 0 bridgehead atoms. The molecular formula is C12H23N3S. The van der Waals surface area contributed by atoms with Gasteiger partial charge in [-0.3, -0.25) is 0 Å². The lowest BCUT2D eigenvalue weighted by atomic mass is 10.2. The van der Waals surface area contributed by atoms with Gasteiger partial charge in [0, 0.05) is 24.5 Å². The van der Waals surface area contributed by atoms with Gasteiger partial charge in [0.1, 0.15) is 0 Å². The van der Waals surface area contributed by atoms with Crippen LogP contribution in [0.15, 0.2) is 5.38 Å². The van der Waals surface area contributed by atoms with E-state index in [1.54, 1.807) is 11.3 Å². The van der Waals surface area contributed by atoms with Crippen LogP contribution in [0.5, 0.6) is 0 Å². The SMILES string of the molecule is CCNCc1csc(N(CC)C(C)CC)n1. The summed E-state index contributed by atoms with van der Waals surface area (Å²) < 4.78 is 0. The van der Waals surface area contributed by atoms with Crippen LogP contribution in [-0.4, -0.2) is 24.1 Å². The van der Waals surface area contributed by atoms with Crippen molar-refractivity contribution >= 4 is 16.5 Å². The summed E-state index contributed by atoms with van der Waals surface area (Å²) in [5.41, 5.74) is 1.16. The number of nitrogens with zero attached hydrogens (tertiary/aromatic N) is 2. The van der Waals surface area contributed by atoms with E-state index >= 15 is 0 Å². The zero-order valence-electron chi connectivity index (χ0n) is 10.8. The molecule has 1 N–H and O–H groups in total. The van der Waals surface area contributed by atoms with Gasteiger partial charge in [0.2, 0.25) is 0 Å². The standard InChI is InChI=1S/C12H23N3S/c1-5-10(4)15(7-3)12-14-11(9-16-12)8-13-6-2/h9-10,13H,5-8H2,1-4H3. The van der Waals surface area contributed by atoms with Gasteiger partial charge in [-0.15, -0.1) is 11.3 Å². The Labute approximate surface area is 103 Å². The second-order valence-corrected chi connectivity index (χ2v) is 4.78. The van der Waals surface area contributed by atoms with E-state index in [1.165, 1.54) is 0 Å². The van der Waals surface area contributed by atoms with Crippen molar-refractivity contribution in [3.8, 4) is 0 Å². The van der Waals surface area contributed by atoms with Crippen LogP contribution >= 0.6 is 11.3 Å². The Morgan fingerprint density at radius 1 is 1.44 bits per heavy atom. The Morgan fingerprint density at radius 2 is 2.19 bits per heavy atom. The number of hydrogen-bond donors (Lipinski definition) is 1. The fourth-order valence-corrected chi connectivity index (χ4v) is 2.61. The summed E-state index contributed by atoms with van der Waals surface area (Å²) in [6.07, 6.45) is 1.16. The minimum atomic E-state index is 0.572. The van der Waals surface area contributed by atoms with Gasteiger partial charge in [-0.2, -0.15) is 0 Å². The van der Waals surface area contributed by atoms with Crippen LogP contribution < -0.4 is 10.2 Å². The van der Waals surface area contributed by atoms with Gasteiger partial charge >= 0.3 is 0 Å². The van der Waals surface area contributed by atoms with Gasteiger partial charge in [-0.25, -0.2) is 4.98 Å². The average molecular weight is 241 g/mol. The average Bonchev–Trinajstić information content (AvgIpc) is 2.75. The molecule has 1 aromatic heterocycles. The fourth-order valence-electron chi connectivity index (χ4n) is 1.62. The molecule has 1 aromatic rings. The van der Waals surface area contributed by atoms with Crippen LogP contribution in [0.3, 0.4) is 0 Å². The molecule has 92 valence electrons. The molecule has 0 saturated heterocycles. The monoisotopic (exact) mass is 241 g/mol. The lowest BCUT2D eigenvalue weighted by Crippen LogP contribution is -2.32. The molecule has 3 nitrogen and oxygen atoms in total. The highest BCUT2D eigenvalue weighted by atomic mass is 32.1. The van der Waals surface area contributed by atoms with Crippen molar-refractivity contribution in [2.24, 2.45) is 0 Å². The molecule has 16 heavy (non-hydrogen) atoms. The van der Waals surface area contributed by atoms with Crippen LogP contribution in [0.1, 0.15) is 39.8 Å². The van der Waals surface area contributed by atoms with Gasteiger partial charge in [-0.1, -0.05) is 13.8 Å². The van der Waals surface area contributed by atoms with E-state index in [9.17, 15) is 0 Å². The zero-order valence-corrected chi connectivity index (χ0v) is 11.6. The summed E-state index contributed by atoms with van der Waals surface area (Å²) >= 11 is 1.75. The molecule has 0 aliphatic carbocycles. The number of hydrogen-bond acceptors (Lipinski definition) is 4. The van der Waals surface area contributed by atoms with Crippen molar-refractivity contribution < 1.29 is 0 Å². The van der Waals surface area contributed by atoms with Crippen molar-refractivity contribution in [3.05, 3.63) is 11.1 Å². The van der Waals surface area contributed by atoms with Crippen LogP contribution in [0.4, 0.5) is 5.13 Å². The Bertz CT molecular complexity index is 298. The van der Waals surface area contributed by atoms with Crippen molar-refractivity contribution in [1.82, 2.24) is 10.3 Å². The summed E-state index contributed by atoms with van der Waals surface area (Å²) in [4.78, 5) is 7.05. The molecule has 0 spiro atoms. The molecule has 1 heterocycles. The molecule has 0 amide bonds. The molecule has 0 fully saturated rings. The van der Waals surface area contributed by atoms with Gasteiger partial charge < -0.3 is 10.2 Å². The zero-order chi connectivity index (χ0) is 12.0. The van der Waals surface area contributed by atoms with E-state index in [0.29, 0.717) is 6.04 Å². The van der Waals surface area contributed by atoms with E-state index in [4.69, 9.17) is 0 Å². The molecule has 0 aromatic carbocycles. The van der Waals surface area contributed by atoms with Crippen LogP contribution in [0.25, 0.3) is 0 Å². The van der Waals surface area contributed by atoms with Crippen molar-refractivity contribution in [1.29, 1.82) is 0 Å². The molecule has 0 aliphatic rings. The molecule has 0 radical (unpaired) electrons. The Kier molecular flexibility index (Phi) is 5.77. The number of anilines is 1. The third-order valence-electron chi connectivity index (χ3n) is 2.81. The topological polar surface area (TPSA) is 28.2 Å². The smallest absolute Gasteiger partial charge is 0.185 e. The third-order valence-corrected chi connectivity index (χ3v) is 3.73. The highest BCUT2D eigenvalue weighted by molar-refractivity contribution is 7.13. The predicted molar refractivity (Wildman–Crippen MR) is 72.3 cm³/mol. The van der Waals surface area contributed by atoms with Crippen LogP contribution in [-0.2, 0) is 6.54 Å². The van der Waals surface area contributed by atoms with E-state index in [0.717, 1.165) is 36.9 Å². The number of aromatic nitrogens is 1. The van der Waals surface area contributed by atoms with Crippen molar-refractivity contribution in [2.45, 2.75) is 46.7 Å². The van der Waals surface area contributed by atoms with Gasteiger partial charge in [0.05, 0.1) is 5.69 Å². The molecule has 4 heteroatoms. The highest BCUT2D eigenvalue weighted by Crippen LogP contribution is 2.23. The van der Waals surface area contributed by atoms with Gasteiger partial charge in [-0.05, 0) is 26.8 Å². The summed E-state index contributed by atoms with van der Waals surface area (Å²) in [6, 6.07) is 0.572. The molecule has 0 saturated carbocycles. The van der Waals surface area contributed by atoms with E-state index in [-0.39, 0.29) is 0 Å². The number of thiazole rings is 1. The molecule has 0 aliphatic heterocycles. The Morgan fingerprint density at radius 3 is 2.75 bits per heavy atom. The lowest BCUT2D eigenvalue weighted by molar-refractivity contribution is 0.626. The van der Waals surface area contributed by atoms with E-state index in [1.807, 2.05) is 0 Å². The first-order valence-electron chi connectivity index (χ1n) is 6.14. The maximum Gasteiger partial charge on any atom is 0.185 e. The fraction of sp³-hybridized carbons (Fsp3) is 0.750. The minimum absolute atomic E-state index is 0.572. The Hall–Kier alpha value is -0.610. The first kappa shape index (κ1) is 13.5. The maximum atomic E-state index is 4.67.